The van der Waals surface area contributed by atoms with E-state index in [4.69, 9.17) is 11.6 Å². The van der Waals surface area contributed by atoms with Gasteiger partial charge in [-0.15, -0.1) is 0 Å². The summed E-state index contributed by atoms with van der Waals surface area (Å²) in [6, 6.07) is 12.5. The molecule has 1 aromatic heterocycles. The number of rotatable bonds is 5. The molecule has 3 aromatic rings. The Hall–Kier alpha value is -3.32. The predicted molar refractivity (Wildman–Crippen MR) is 116 cm³/mol. The largest absolute Gasteiger partial charge is 0.341 e. The van der Waals surface area contributed by atoms with Crippen molar-refractivity contribution in [3.05, 3.63) is 71.0 Å². The molecule has 1 aliphatic rings. The molecule has 1 unspecified atom stereocenters. The number of fused-ring (bicyclic) bond motifs is 1. The third-order valence-corrected chi connectivity index (χ3v) is 6.09. The van der Waals surface area contributed by atoms with Crippen LogP contribution in [0.4, 0.5) is 0 Å². The molecule has 3 amide bonds. The summed E-state index contributed by atoms with van der Waals surface area (Å²) in [5.74, 6) is -0.989. The molecule has 0 bridgehead atoms. The monoisotopic (exact) mass is 436 g/mol. The topological polar surface area (TPSA) is 83.5 Å². The van der Waals surface area contributed by atoms with Crippen LogP contribution in [0.1, 0.15) is 24.0 Å². The van der Waals surface area contributed by atoms with E-state index in [-0.39, 0.29) is 24.7 Å². The second kappa shape index (κ2) is 8.07. The summed E-state index contributed by atoms with van der Waals surface area (Å²) < 4.78 is 0. The third kappa shape index (κ3) is 3.77. The van der Waals surface area contributed by atoms with E-state index in [1.54, 1.807) is 48.6 Å². The molecular formula is C23H21ClN4O3. The van der Waals surface area contributed by atoms with Gasteiger partial charge >= 0.3 is 0 Å². The van der Waals surface area contributed by atoms with E-state index in [9.17, 15) is 14.4 Å². The lowest BCUT2D eigenvalue weighted by molar-refractivity contribution is -0.141. The smallest absolute Gasteiger partial charge is 0.240 e. The van der Waals surface area contributed by atoms with Gasteiger partial charge in [-0.1, -0.05) is 35.9 Å². The van der Waals surface area contributed by atoms with E-state index in [1.165, 1.54) is 7.05 Å². The van der Waals surface area contributed by atoms with Gasteiger partial charge in [0.25, 0.3) is 0 Å². The summed E-state index contributed by atoms with van der Waals surface area (Å²) in [7, 11) is 3.11. The van der Waals surface area contributed by atoms with E-state index in [2.05, 4.69) is 9.97 Å². The molecule has 1 saturated heterocycles. The quantitative estimate of drug-likeness (QED) is 0.574. The Morgan fingerprint density at radius 2 is 1.84 bits per heavy atom. The summed E-state index contributed by atoms with van der Waals surface area (Å²) in [6.07, 6.45) is 3.02. The van der Waals surface area contributed by atoms with Gasteiger partial charge in [0.1, 0.15) is 0 Å². The highest BCUT2D eigenvalue weighted by Crippen LogP contribution is 2.42. The first-order valence-corrected chi connectivity index (χ1v) is 10.2. The van der Waals surface area contributed by atoms with Crippen molar-refractivity contribution in [3.8, 4) is 0 Å². The molecule has 0 radical (unpaired) electrons. The summed E-state index contributed by atoms with van der Waals surface area (Å²) in [5, 5.41) is 0.363. The third-order valence-electron chi connectivity index (χ3n) is 5.76. The van der Waals surface area contributed by atoms with Gasteiger partial charge in [0.2, 0.25) is 17.7 Å². The van der Waals surface area contributed by atoms with Crippen molar-refractivity contribution in [1.29, 1.82) is 0 Å². The van der Waals surface area contributed by atoms with Crippen molar-refractivity contribution in [3.63, 3.8) is 0 Å². The van der Waals surface area contributed by atoms with Crippen LogP contribution in [0.25, 0.3) is 11.0 Å². The molecule has 0 saturated carbocycles. The number of carbonyl (C=O) groups excluding carboxylic acids is 3. The van der Waals surface area contributed by atoms with Crippen molar-refractivity contribution in [1.82, 2.24) is 19.8 Å². The van der Waals surface area contributed by atoms with Gasteiger partial charge in [0, 0.05) is 50.9 Å². The van der Waals surface area contributed by atoms with E-state index in [1.807, 2.05) is 18.2 Å². The Morgan fingerprint density at radius 1 is 1.13 bits per heavy atom. The zero-order valence-corrected chi connectivity index (χ0v) is 18.0. The predicted octanol–water partition coefficient (Wildman–Crippen LogP) is 2.96. The average molecular weight is 437 g/mol. The Kier molecular flexibility index (Phi) is 5.45. The first kappa shape index (κ1) is 20.9. The zero-order valence-electron chi connectivity index (χ0n) is 17.2. The number of likely N-dealkylation sites (tertiary alicyclic amines) is 1. The van der Waals surface area contributed by atoms with Crippen molar-refractivity contribution >= 4 is 40.4 Å². The molecule has 31 heavy (non-hydrogen) atoms. The first-order chi connectivity index (χ1) is 14.8. The fraction of sp³-hybridized carbons (Fsp3) is 0.261. The molecule has 4 rings (SSSR count). The summed E-state index contributed by atoms with van der Waals surface area (Å²) in [5.41, 5.74) is 1.61. The van der Waals surface area contributed by atoms with Gasteiger partial charge in [0.15, 0.2) is 0 Å². The lowest BCUT2D eigenvalue weighted by atomic mass is 9.75. The van der Waals surface area contributed by atoms with Crippen molar-refractivity contribution in [2.24, 2.45) is 0 Å². The van der Waals surface area contributed by atoms with Crippen LogP contribution in [0.3, 0.4) is 0 Å². The standard InChI is InChI=1S/C23H21ClN4O3/c1-27(14-15-7-8-18-19(11-15)26-10-9-25-18)20(29)12-23(13-21(30)28(2)22(23)31)16-5-3-4-6-17(16)24/h3-11H,12-14H2,1-2H3. The molecule has 0 aliphatic carbocycles. The van der Waals surface area contributed by atoms with Crippen LogP contribution in [0.15, 0.2) is 54.9 Å². The highest BCUT2D eigenvalue weighted by Gasteiger charge is 2.53. The molecular weight excluding hydrogens is 416 g/mol. The maximum atomic E-state index is 13.2. The number of amides is 3. The second-order valence-corrected chi connectivity index (χ2v) is 8.21. The van der Waals surface area contributed by atoms with Crippen molar-refractivity contribution in [2.45, 2.75) is 24.8 Å². The fourth-order valence-corrected chi connectivity index (χ4v) is 4.36. The van der Waals surface area contributed by atoms with Crippen LogP contribution >= 0.6 is 11.6 Å². The lowest BCUT2D eigenvalue weighted by Crippen LogP contribution is -2.41. The molecule has 2 aromatic carbocycles. The van der Waals surface area contributed by atoms with Crippen molar-refractivity contribution in [2.75, 3.05) is 14.1 Å². The van der Waals surface area contributed by atoms with E-state index < -0.39 is 11.3 Å². The van der Waals surface area contributed by atoms with Crippen LogP contribution in [0.2, 0.25) is 5.02 Å². The van der Waals surface area contributed by atoms with E-state index in [0.29, 0.717) is 17.1 Å². The molecule has 0 N–H and O–H groups in total. The molecule has 1 aliphatic heterocycles. The number of aromatic nitrogens is 2. The number of hydrogen-bond acceptors (Lipinski definition) is 5. The molecule has 8 heteroatoms. The van der Waals surface area contributed by atoms with Gasteiger partial charge in [0.05, 0.1) is 16.4 Å². The molecule has 0 spiro atoms. The highest BCUT2D eigenvalue weighted by atomic mass is 35.5. The number of nitrogens with zero attached hydrogens (tertiary/aromatic N) is 4. The minimum atomic E-state index is -1.30. The SMILES string of the molecule is CN(Cc1ccc2nccnc2c1)C(=O)CC1(c2ccccc2Cl)CC(=O)N(C)C1=O. The summed E-state index contributed by atoms with van der Waals surface area (Å²) in [6.45, 7) is 0.335. The number of imide groups is 1. The number of hydrogen-bond donors (Lipinski definition) is 0. The van der Waals surface area contributed by atoms with Crippen LogP contribution in [0.5, 0.6) is 0 Å². The number of benzene rings is 2. The van der Waals surface area contributed by atoms with Crippen LogP contribution in [0, 0.1) is 0 Å². The second-order valence-electron chi connectivity index (χ2n) is 7.80. The molecule has 7 nitrogen and oxygen atoms in total. The minimum Gasteiger partial charge on any atom is -0.341 e. The van der Waals surface area contributed by atoms with Gasteiger partial charge in [-0.05, 0) is 29.3 Å². The summed E-state index contributed by atoms with van der Waals surface area (Å²) >= 11 is 6.38. The van der Waals surface area contributed by atoms with Gasteiger partial charge < -0.3 is 4.90 Å². The fourth-order valence-electron chi connectivity index (χ4n) is 4.04. The Balaban J connectivity index is 1.61. The maximum Gasteiger partial charge on any atom is 0.240 e. The Bertz CT molecular complexity index is 1200. The number of halogens is 1. The van der Waals surface area contributed by atoms with Crippen LogP contribution in [-0.4, -0.2) is 51.6 Å². The molecule has 2 heterocycles. The zero-order chi connectivity index (χ0) is 22.2. The molecule has 158 valence electrons. The molecule has 1 fully saturated rings. The maximum absolute atomic E-state index is 13.2. The number of likely N-dealkylation sites (N-methyl/N-ethyl adjacent to an activating group) is 1. The van der Waals surface area contributed by atoms with Crippen LogP contribution < -0.4 is 0 Å². The Morgan fingerprint density at radius 3 is 2.52 bits per heavy atom. The van der Waals surface area contributed by atoms with Crippen LogP contribution in [-0.2, 0) is 26.3 Å². The molecule has 1 atom stereocenters. The van der Waals surface area contributed by atoms with Gasteiger partial charge in [-0.3, -0.25) is 29.3 Å². The summed E-state index contributed by atoms with van der Waals surface area (Å²) in [4.78, 5) is 49.9. The Labute approximate surface area is 184 Å². The minimum absolute atomic E-state index is 0.0861. The van der Waals surface area contributed by atoms with Crippen molar-refractivity contribution < 1.29 is 14.4 Å². The first-order valence-electron chi connectivity index (χ1n) is 9.81. The van der Waals surface area contributed by atoms with E-state index in [0.717, 1.165) is 21.5 Å². The average Bonchev–Trinajstić information content (AvgIpc) is 2.98. The highest BCUT2D eigenvalue weighted by molar-refractivity contribution is 6.32. The van der Waals surface area contributed by atoms with Gasteiger partial charge in [-0.2, -0.15) is 0 Å². The van der Waals surface area contributed by atoms with Gasteiger partial charge in [-0.25, -0.2) is 0 Å². The normalized spacial score (nSPS) is 18.6. The lowest BCUT2D eigenvalue weighted by Gasteiger charge is -2.29. The number of carbonyl (C=O) groups is 3. The van der Waals surface area contributed by atoms with E-state index >= 15 is 0 Å².